The van der Waals surface area contributed by atoms with E-state index in [9.17, 15) is 13.9 Å². The first-order chi connectivity index (χ1) is 6.92. The molecule has 1 unspecified atom stereocenters. The molecule has 1 atom stereocenters. The van der Waals surface area contributed by atoms with Crippen molar-refractivity contribution in [3.63, 3.8) is 0 Å². The zero-order chi connectivity index (χ0) is 13.1. The second-order valence-corrected chi connectivity index (χ2v) is 6.50. The van der Waals surface area contributed by atoms with Crippen LogP contribution in [0.2, 0.25) is 0 Å². The molecule has 0 saturated heterocycles. The average Bonchev–Trinajstić information content (AvgIpc) is 1.95. The summed E-state index contributed by atoms with van der Waals surface area (Å²) in [7, 11) is -9.05. The monoisotopic (exact) mass is 276 g/mol. The molecular formula is C5H14N2O7P2. The van der Waals surface area contributed by atoms with Gasteiger partial charge in [-0.1, -0.05) is 0 Å². The minimum Gasteiger partial charge on any atom is -0.368 e. The third kappa shape index (κ3) is 7.08. The Kier molecular flexibility index (Phi) is 5.28. The lowest BCUT2D eigenvalue weighted by molar-refractivity contribution is -0.122. The molecule has 0 spiro atoms. The van der Waals surface area contributed by atoms with Crippen LogP contribution < -0.4 is 5.73 Å². The van der Waals surface area contributed by atoms with Crippen LogP contribution >= 0.6 is 15.2 Å². The van der Waals surface area contributed by atoms with Crippen molar-refractivity contribution in [2.24, 2.45) is 5.73 Å². The van der Waals surface area contributed by atoms with E-state index in [0.717, 1.165) is 0 Å². The fraction of sp³-hybridized carbons (Fsp3) is 0.800. The quantitative estimate of drug-likeness (QED) is 0.363. The van der Waals surface area contributed by atoms with Gasteiger partial charge >= 0.3 is 15.2 Å². The van der Waals surface area contributed by atoms with Crippen LogP contribution in [0.5, 0.6) is 0 Å². The van der Waals surface area contributed by atoms with Crippen molar-refractivity contribution in [3.05, 3.63) is 0 Å². The summed E-state index contributed by atoms with van der Waals surface area (Å²) in [4.78, 5) is 46.2. The number of carbonyl (C=O) groups is 1. The van der Waals surface area contributed by atoms with Gasteiger partial charge in [0.25, 0.3) is 0 Å². The highest BCUT2D eigenvalue weighted by atomic mass is 31.2. The highest BCUT2D eigenvalue weighted by Crippen LogP contribution is 2.41. The van der Waals surface area contributed by atoms with Gasteiger partial charge in [0.2, 0.25) is 5.91 Å². The van der Waals surface area contributed by atoms with Crippen molar-refractivity contribution < 1.29 is 33.5 Å². The maximum absolute atomic E-state index is 10.8. The van der Waals surface area contributed by atoms with E-state index in [2.05, 4.69) is 0 Å². The predicted octanol–water partition coefficient (Wildman–Crippen LogP) is -1.57. The van der Waals surface area contributed by atoms with Gasteiger partial charge in [0, 0.05) is 0 Å². The topological polar surface area (TPSA) is 161 Å². The highest BCUT2D eigenvalue weighted by Gasteiger charge is 2.31. The molecule has 6 N–H and O–H groups in total. The van der Waals surface area contributed by atoms with Crippen molar-refractivity contribution in [2.75, 3.05) is 12.6 Å². The van der Waals surface area contributed by atoms with Crippen LogP contribution in [0.25, 0.3) is 0 Å². The molecule has 0 aliphatic heterocycles. The molecule has 0 aromatic rings. The molecule has 0 aliphatic carbocycles. The van der Waals surface area contributed by atoms with Gasteiger partial charge in [0.1, 0.15) is 12.6 Å². The highest BCUT2D eigenvalue weighted by molar-refractivity contribution is 7.52. The molecule has 0 fully saturated rings. The molecule has 0 radical (unpaired) electrons. The number of nitrogens with zero attached hydrogens (tertiary/aromatic N) is 1. The summed E-state index contributed by atoms with van der Waals surface area (Å²) in [5.41, 5.74) is 4.89. The molecule has 9 nitrogen and oxygen atoms in total. The molecule has 0 rings (SSSR count). The predicted molar refractivity (Wildman–Crippen MR) is 54.3 cm³/mol. The van der Waals surface area contributed by atoms with Crippen LogP contribution in [0.4, 0.5) is 0 Å². The molecule has 16 heavy (non-hydrogen) atoms. The molecule has 0 bridgehead atoms. The number of nitrogens with two attached hydrogens (primary N) is 1. The summed E-state index contributed by atoms with van der Waals surface area (Å²) in [6.45, 7) is 1.20. The molecule has 0 saturated carbocycles. The van der Waals surface area contributed by atoms with Gasteiger partial charge in [-0.25, -0.2) is 0 Å². The van der Waals surface area contributed by atoms with Crippen LogP contribution in [0.15, 0.2) is 0 Å². The summed E-state index contributed by atoms with van der Waals surface area (Å²) in [6.07, 6.45) is -1.88. The lowest BCUT2D eigenvalue weighted by atomic mass is 10.3. The first-order valence-corrected chi connectivity index (χ1v) is 7.64. The van der Waals surface area contributed by atoms with Crippen LogP contribution in [-0.2, 0) is 13.9 Å². The Labute approximate surface area is 91.6 Å². The number of carbonyl (C=O) groups excluding carboxylic acids is 1. The lowest BCUT2D eigenvalue weighted by Gasteiger charge is -2.26. The van der Waals surface area contributed by atoms with Gasteiger partial charge in [0.05, 0.1) is 6.04 Å². The Balaban J connectivity index is 4.85. The largest absolute Gasteiger partial charge is 0.368 e. The fourth-order valence-electron chi connectivity index (χ4n) is 0.943. The Hall–Kier alpha value is -0.270. The number of hydrogen-bond acceptors (Lipinski definition) is 4. The van der Waals surface area contributed by atoms with Gasteiger partial charge in [-0.2, -0.15) is 0 Å². The smallest absolute Gasteiger partial charge is 0.339 e. The Morgan fingerprint density at radius 3 is 1.69 bits per heavy atom. The molecule has 11 heteroatoms. The Bertz CT molecular complexity index is 323. The summed E-state index contributed by atoms with van der Waals surface area (Å²) in [6, 6.07) is -1.18. The molecular weight excluding hydrogens is 262 g/mol. The van der Waals surface area contributed by atoms with Crippen LogP contribution in [0.3, 0.4) is 0 Å². The summed E-state index contributed by atoms with van der Waals surface area (Å²) >= 11 is 0. The molecule has 0 heterocycles. The van der Waals surface area contributed by atoms with E-state index in [0.29, 0.717) is 4.90 Å². The van der Waals surface area contributed by atoms with Crippen molar-refractivity contribution in [3.8, 4) is 0 Å². The van der Waals surface area contributed by atoms with E-state index in [1.165, 1.54) is 6.92 Å². The van der Waals surface area contributed by atoms with Crippen molar-refractivity contribution >= 4 is 21.1 Å². The maximum atomic E-state index is 10.8. The van der Waals surface area contributed by atoms with Crippen LogP contribution in [-0.4, -0.2) is 49.0 Å². The van der Waals surface area contributed by atoms with Crippen LogP contribution in [0.1, 0.15) is 6.92 Å². The van der Waals surface area contributed by atoms with Crippen molar-refractivity contribution in [1.29, 1.82) is 0 Å². The second-order valence-electron chi connectivity index (χ2n) is 3.28. The number of amides is 1. The van der Waals surface area contributed by atoms with Gasteiger partial charge in [-0.3, -0.25) is 18.8 Å². The van der Waals surface area contributed by atoms with Crippen molar-refractivity contribution in [2.45, 2.75) is 13.0 Å². The number of primary amides is 1. The normalized spacial score (nSPS) is 15.1. The number of hydrogen-bond donors (Lipinski definition) is 5. The first-order valence-electron chi connectivity index (χ1n) is 4.05. The molecule has 0 aromatic carbocycles. The molecule has 0 aliphatic rings. The zero-order valence-corrected chi connectivity index (χ0v) is 10.2. The SMILES string of the molecule is CC(C(N)=O)N(CP(=O)(O)O)CP(=O)(O)O. The first kappa shape index (κ1) is 15.7. The molecule has 96 valence electrons. The minimum absolute atomic E-state index is 0.657. The van der Waals surface area contributed by atoms with Gasteiger partial charge in [-0.05, 0) is 6.92 Å². The third-order valence-electron chi connectivity index (χ3n) is 1.69. The Morgan fingerprint density at radius 2 is 1.50 bits per heavy atom. The zero-order valence-electron chi connectivity index (χ0n) is 8.42. The molecule has 1 amide bonds. The minimum atomic E-state index is -4.53. The van der Waals surface area contributed by atoms with Gasteiger partial charge in [0.15, 0.2) is 0 Å². The van der Waals surface area contributed by atoms with Crippen LogP contribution in [0, 0.1) is 0 Å². The average molecular weight is 276 g/mol. The van der Waals surface area contributed by atoms with Gasteiger partial charge < -0.3 is 25.3 Å². The lowest BCUT2D eigenvalue weighted by Crippen LogP contribution is -2.43. The van der Waals surface area contributed by atoms with E-state index < -0.39 is 39.7 Å². The summed E-state index contributed by atoms with van der Waals surface area (Å²) in [5.74, 6) is -0.929. The third-order valence-corrected chi connectivity index (χ3v) is 3.15. The Morgan fingerprint density at radius 1 is 1.19 bits per heavy atom. The van der Waals surface area contributed by atoms with E-state index in [-0.39, 0.29) is 0 Å². The van der Waals surface area contributed by atoms with E-state index >= 15 is 0 Å². The summed E-state index contributed by atoms with van der Waals surface area (Å²) in [5, 5.41) is 0. The van der Waals surface area contributed by atoms with E-state index in [1.54, 1.807) is 0 Å². The van der Waals surface area contributed by atoms with Crippen molar-refractivity contribution in [1.82, 2.24) is 4.90 Å². The second kappa shape index (κ2) is 5.37. The summed E-state index contributed by atoms with van der Waals surface area (Å²) < 4.78 is 21.4. The standard InChI is InChI=1S/C5H14N2O7P2/c1-4(5(6)8)7(2-15(9,10)11)3-16(12,13)14/h4H,2-3H2,1H3,(H2,6,8)(H2,9,10,11)(H2,12,13,14). The fourth-order valence-corrected chi connectivity index (χ4v) is 2.74. The number of rotatable bonds is 6. The maximum Gasteiger partial charge on any atom is 0.339 e. The van der Waals surface area contributed by atoms with Gasteiger partial charge in [-0.15, -0.1) is 0 Å². The van der Waals surface area contributed by atoms with E-state index in [1.807, 2.05) is 0 Å². The molecule has 0 aromatic heterocycles. The van der Waals surface area contributed by atoms with E-state index in [4.69, 9.17) is 25.3 Å².